The van der Waals surface area contributed by atoms with Crippen molar-refractivity contribution in [1.82, 2.24) is 10.3 Å². The van der Waals surface area contributed by atoms with E-state index in [0.29, 0.717) is 18.2 Å². The van der Waals surface area contributed by atoms with E-state index in [1.165, 1.54) is 11.3 Å². The molecule has 3 N–H and O–H groups in total. The first-order valence-electron chi connectivity index (χ1n) is 7.19. The third-order valence-electron chi connectivity index (χ3n) is 3.16. The molecule has 1 aromatic heterocycles. The van der Waals surface area contributed by atoms with Gasteiger partial charge in [0.1, 0.15) is 10.7 Å². The van der Waals surface area contributed by atoms with Crippen LogP contribution in [-0.4, -0.2) is 10.9 Å². The molecule has 1 heterocycles. The summed E-state index contributed by atoms with van der Waals surface area (Å²) in [6.07, 6.45) is 0.869. The van der Waals surface area contributed by atoms with Crippen LogP contribution in [0.5, 0.6) is 0 Å². The molecule has 0 fully saturated rings. The van der Waals surface area contributed by atoms with E-state index < -0.39 is 0 Å². The lowest BCUT2D eigenvalue weighted by Gasteiger charge is -2.10. The summed E-state index contributed by atoms with van der Waals surface area (Å²) in [5.41, 5.74) is 7.59. The molecular formula is C16H20BrN3OS. The number of aromatic nitrogens is 1. The maximum Gasteiger partial charge on any atom is 0.271 e. The molecule has 1 unspecified atom stereocenters. The van der Waals surface area contributed by atoms with Gasteiger partial charge >= 0.3 is 0 Å². The fourth-order valence-electron chi connectivity index (χ4n) is 2.05. The third-order valence-corrected chi connectivity index (χ3v) is 4.67. The number of benzene rings is 1. The van der Waals surface area contributed by atoms with E-state index in [-0.39, 0.29) is 11.9 Å². The number of nitrogens with zero attached hydrogens (tertiary/aromatic N) is 1. The average Bonchev–Trinajstić information content (AvgIpc) is 2.95. The molecule has 0 aliphatic rings. The smallest absolute Gasteiger partial charge is 0.271 e. The number of halogens is 1. The fourth-order valence-corrected chi connectivity index (χ4v) is 3.12. The fraction of sp³-hybridized carbons (Fsp3) is 0.375. The molecule has 22 heavy (non-hydrogen) atoms. The lowest BCUT2D eigenvalue weighted by Crippen LogP contribution is -2.23. The Morgan fingerprint density at radius 2 is 2.05 bits per heavy atom. The quantitative estimate of drug-likeness (QED) is 0.797. The highest BCUT2D eigenvalue weighted by Gasteiger charge is 2.16. The average molecular weight is 382 g/mol. The Balaban J connectivity index is 1.92. The Kier molecular flexibility index (Phi) is 6.11. The zero-order chi connectivity index (χ0) is 16.1. The van der Waals surface area contributed by atoms with E-state index in [2.05, 4.69) is 40.1 Å². The van der Waals surface area contributed by atoms with Gasteiger partial charge in [-0.3, -0.25) is 4.79 Å². The van der Waals surface area contributed by atoms with E-state index in [9.17, 15) is 4.79 Å². The van der Waals surface area contributed by atoms with Crippen molar-refractivity contribution in [3.05, 3.63) is 50.4 Å². The van der Waals surface area contributed by atoms with Gasteiger partial charge in [-0.05, 0) is 30.0 Å². The maximum atomic E-state index is 12.1. The summed E-state index contributed by atoms with van der Waals surface area (Å²) in [6.45, 7) is 4.73. The van der Waals surface area contributed by atoms with Crippen molar-refractivity contribution < 1.29 is 4.79 Å². The van der Waals surface area contributed by atoms with Gasteiger partial charge in [0.05, 0.1) is 6.04 Å². The molecule has 0 bridgehead atoms. The van der Waals surface area contributed by atoms with Crippen LogP contribution in [0.1, 0.15) is 47.4 Å². The second kappa shape index (κ2) is 7.85. The lowest BCUT2D eigenvalue weighted by molar-refractivity contribution is 0.0946. The van der Waals surface area contributed by atoms with Crippen LogP contribution in [0.4, 0.5) is 0 Å². The Bertz CT molecular complexity index is 625. The van der Waals surface area contributed by atoms with E-state index in [1.54, 1.807) is 5.38 Å². The van der Waals surface area contributed by atoms with E-state index in [4.69, 9.17) is 5.73 Å². The molecule has 0 saturated heterocycles. The van der Waals surface area contributed by atoms with Gasteiger partial charge < -0.3 is 11.1 Å². The number of rotatable bonds is 6. The van der Waals surface area contributed by atoms with Gasteiger partial charge in [-0.15, -0.1) is 11.3 Å². The van der Waals surface area contributed by atoms with Crippen LogP contribution in [0, 0.1) is 5.92 Å². The van der Waals surface area contributed by atoms with Gasteiger partial charge in [0.25, 0.3) is 5.91 Å². The van der Waals surface area contributed by atoms with Crippen LogP contribution >= 0.6 is 27.3 Å². The van der Waals surface area contributed by atoms with Gasteiger partial charge in [0.15, 0.2) is 0 Å². The minimum atomic E-state index is -0.165. The SMILES string of the molecule is CC(C)CC(N)c1nc(C(=O)NCc2ccc(Br)cc2)cs1. The Morgan fingerprint density at radius 3 is 2.68 bits per heavy atom. The second-order valence-corrected chi connectivity index (χ2v) is 7.42. The van der Waals surface area contributed by atoms with Gasteiger partial charge in [0, 0.05) is 16.4 Å². The zero-order valence-corrected chi connectivity index (χ0v) is 15.1. The number of hydrogen-bond acceptors (Lipinski definition) is 4. The molecule has 0 aliphatic heterocycles. The number of amides is 1. The summed E-state index contributed by atoms with van der Waals surface area (Å²) in [5.74, 6) is 0.343. The first kappa shape index (κ1) is 17.1. The van der Waals surface area contributed by atoms with Crippen LogP contribution in [0.15, 0.2) is 34.1 Å². The molecule has 0 spiro atoms. The highest BCUT2D eigenvalue weighted by Crippen LogP contribution is 2.22. The van der Waals surface area contributed by atoms with E-state index in [0.717, 1.165) is 21.5 Å². The van der Waals surface area contributed by atoms with Crippen molar-refractivity contribution in [1.29, 1.82) is 0 Å². The molecule has 0 aliphatic carbocycles. The van der Waals surface area contributed by atoms with Crippen LogP contribution in [0.25, 0.3) is 0 Å². The number of thiazole rings is 1. The lowest BCUT2D eigenvalue weighted by atomic mass is 10.1. The normalized spacial score (nSPS) is 12.4. The summed E-state index contributed by atoms with van der Waals surface area (Å²) in [6, 6.07) is 7.74. The Morgan fingerprint density at radius 1 is 1.36 bits per heavy atom. The predicted molar refractivity (Wildman–Crippen MR) is 93.8 cm³/mol. The number of nitrogens with two attached hydrogens (primary N) is 1. The molecule has 1 atom stereocenters. The molecule has 118 valence electrons. The molecule has 2 rings (SSSR count). The predicted octanol–water partition coefficient (Wildman–Crippen LogP) is 3.88. The first-order valence-corrected chi connectivity index (χ1v) is 8.86. The van der Waals surface area contributed by atoms with Crippen molar-refractivity contribution in [2.24, 2.45) is 11.7 Å². The van der Waals surface area contributed by atoms with Crippen LogP contribution in [0.2, 0.25) is 0 Å². The van der Waals surface area contributed by atoms with Crippen molar-refractivity contribution >= 4 is 33.2 Å². The molecule has 0 saturated carbocycles. The van der Waals surface area contributed by atoms with Gasteiger partial charge in [0.2, 0.25) is 0 Å². The van der Waals surface area contributed by atoms with Crippen LogP contribution in [-0.2, 0) is 6.54 Å². The largest absolute Gasteiger partial charge is 0.347 e. The monoisotopic (exact) mass is 381 g/mol. The minimum Gasteiger partial charge on any atom is -0.347 e. The van der Waals surface area contributed by atoms with Crippen molar-refractivity contribution in [2.75, 3.05) is 0 Å². The summed E-state index contributed by atoms with van der Waals surface area (Å²) in [4.78, 5) is 16.5. The maximum absolute atomic E-state index is 12.1. The van der Waals surface area contributed by atoms with Crippen LogP contribution < -0.4 is 11.1 Å². The molecule has 2 aromatic rings. The number of carbonyl (C=O) groups excluding carboxylic acids is 1. The molecule has 1 amide bonds. The van der Waals surface area contributed by atoms with Crippen molar-refractivity contribution in [2.45, 2.75) is 32.9 Å². The third kappa shape index (κ3) is 4.90. The highest BCUT2D eigenvalue weighted by molar-refractivity contribution is 9.10. The second-order valence-electron chi connectivity index (χ2n) is 5.62. The zero-order valence-electron chi connectivity index (χ0n) is 12.7. The Hall–Kier alpha value is -1.24. The molecule has 6 heteroatoms. The minimum absolute atomic E-state index is 0.0991. The summed E-state index contributed by atoms with van der Waals surface area (Å²) < 4.78 is 1.02. The topological polar surface area (TPSA) is 68.0 Å². The number of carbonyl (C=O) groups is 1. The standard InChI is InChI=1S/C16H20BrN3OS/c1-10(2)7-13(18)16-20-14(9-22-16)15(21)19-8-11-3-5-12(17)6-4-11/h3-6,9-10,13H,7-8,18H2,1-2H3,(H,19,21). The van der Waals surface area contributed by atoms with Crippen molar-refractivity contribution in [3.8, 4) is 0 Å². The van der Waals surface area contributed by atoms with Gasteiger partial charge in [-0.25, -0.2) is 4.98 Å². The highest BCUT2D eigenvalue weighted by atomic mass is 79.9. The summed E-state index contributed by atoms with van der Waals surface area (Å²) >= 11 is 4.84. The first-order chi connectivity index (χ1) is 10.5. The Labute approximate surface area is 143 Å². The summed E-state index contributed by atoms with van der Waals surface area (Å²) in [5, 5.41) is 5.47. The molecule has 1 aromatic carbocycles. The summed E-state index contributed by atoms with van der Waals surface area (Å²) in [7, 11) is 0. The molecule has 0 radical (unpaired) electrons. The van der Waals surface area contributed by atoms with Crippen molar-refractivity contribution in [3.63, 3.8) is 0 Å². The number of nitrogens with one attached hydrogen (secondary N) is 1. The van der Waals surface area contributed by atoms with Gasteiger partial charge in [-0.1, -0.05) is 41.9 Å². The van der Waals surface area contributed by atoms with E-state index in [1.807, 2.05) is 24.3 Å². The molecular weight excluding hydrogens is 362 g/mol. The van der Waals surface area contributed by atoms with Crippen LogP contribution in [0.3, 0.4) is 0 Å². The number of hydrogen-bond donors (Lipinski definition) is 2. The molecule has 4 nitrogen and oxygen atoms in total. The van der Waals surface area contributed by atoms with E-state index >= 15 is 0 Å². The van der Waals surface area contributed by atoms with Gasteiger partial charge in [-0.2, -0.15) is 0 Å².